The zero-order valence-corrected chi connectivity index (χ0v) is 12.3. The van der Waals surface area contributed by atoms with Crippen LogP contribution >= 0.6 is 12.4 Å². The number of nitrogens with two attached hydrogens (primary N) is 1. The predicted molar refractivity (Wildman–Crippen MR) is 81.3 cm³/mol. The molecule has 0 aliphatic heterocycles. The summed E-state index contributed by atoms with van der Waals surface area (Å²) in [4.78, 5) is 11.4. The van der Waals surface area contributed by atoms with Gasteiger partial charge < -0.3 is 15.6 Å². The maximum Gasteiger partial charge on any atom is 0.342 e. The summed E-state index contributed by atoms with van der Waals surface area (Å²) < 4.78 is 18.7. The number of ether oxygens (including phenoxy) is 1. The smallest absolute Gasteiger partial charge is 0.342 e. The Kier molecular flexibility index (Phi) is 5.93. The molecule has 0 aliphatic rings. The molecule has 4 nitrogen and oxygen atoms in total. The fourth-order valence-electron chi connectivity index (χ4n) is 2.15. The molecule has 21 heavy (non-hydrogen) atoms. The first-order chi connectivity index (χ1) is 9.56. The second kappa shape index (κ2) is 7.24. The minimum absolute atomic E-state index is 0. The highest BCUT2D eigenvalue weighted by atomic mass is 35.5. The molecule has 2 atom stereocenters. The molecular weight excluding hydrogens is 297 g/mol. The molecule has 2 rings (SSSR count). The lowest BCUT2D eigenvalue weighted by Crippen LogP contribution is -2.31. The fourth-order valence-corrected chi connectivity index (χ4v) is 2.15. The van der Waals surface area contributed by atoms with Gasteiger partial charge in [-0.15, -0.1) is 12.4 Å². The monoisotopic (exact) mass is 313 g/mol. The highest BCUT2D eigenvalue weighted by Crippen LogP contribution is 2.33. The predicted octanol–water partition coefficient (Wildman–Crippen LogP) is 2.87. The summed E-state index contributed by atoms with van der Waals surface area (Å²) in [5, 5.41) is 11.4. The van der Waals surface area contributed by atoms with Crippen molar-refractivity contribution in [2.75, 3.05) is 6.61 Å². The first-order valence-corrected chi connectivity index (χ1v) is 6.33. The fraction of sp³-hybridized carbons (Fsp3) is 0.267. The summed E-state index contributed by atoms with van der Waals surface area (Å²) in [5.41, 5.74) is 6.01. The topological polar surface area (TPSA) is 72.5 Å². The summed E-state index contributed by atoms with van der Waals surface area (Å²) >= 11 is 0. The molecule has 114 valence electrons. The molecule has 0 aliphatic carbocycles. The number of alkyl halides is 1. The Morgan fingerprint density at radius 1 is 1.33 bits per heavy atom. The molecule has 0 bridgehead atoms. The van der Waals surface area contributed by atoms with Crippen LogP contribution in [-0.4, -0.2) is 23.9 Å². The van der Waals surface area contributed by atoms with Gasteiger partial charge in [-0.1, -0.05) is 30.3 Å². The third-order valence-electron chi connectivity index (χ3n) is 3.11. The van der Waals surface area contributed by atoms with Gasteiger partial charge in [0.1, 0.15) is 5.75 Å². The normalized spacial score (nSPS) is 13.3. The van der Waals surface area contributed by atoms with E-state index >= 15 is 0 Å². The van der Waals surface area contributed by atoms with Gasteiger partial charge >= 0.3 is 5.97 Å². The molecular formula is C15H17ClFNO3. The molecule has 2 aromatic rings. The largest absolute Gasteiger partial charge is 0.508 e. The highest BCUT2D eigenvalue weighted by Gasteiger charge is 2.30. The minimum atomic E-state index is -2.02. The average Bonchev–Trinajstić information content (AvgIpc) is 2.46. The first kappa shape index (κ1) is 17.2. The second-order valence-electron chi connectivity index (χ2n) is 4.40. The number of hydrogen-bond acceptors (Lipinski definition) is 4. The van der Waals surface area contributed by atoms with Gasteiger partial charge in [0.15, 0.2) is 0 Å². The van der Waals surface area contributed by atoms with E-state index < -0.39 is 18.2 Å². The van der Waals surface area contributed by atoms with Crippen LogP contribution in [-0.2, 0) is 9.53 Å². The third-order valence-corrected chi connectivity index (χ3v) is 3.11. The standard InChI is InChI=1S/C15H16FNO3.ClH/c1-2-20-15(19)13(16)14(17)12-10-6-4-3-5-9(10)7-8-11(12)18;/h3-8,13-14,18H,2,17H2,1H3;1H/t13?,14-;/m1./s1. The van der Waals surface area contributed by atoms with Crippen LogP contribution in [0.15, 0.2) is 36.4 Å². The van der Waals surface area contributed by atoms with Crippen LogP contribution in [0.25, 0.3) is 10.8 Å². The van der Waals surface area contributed by atoms with Crippen molar-refractivity contribution >= 4 is 29.1 Å². The van der Waals surface area contributed by atoms with Crippen molar-refractivity contribution in [3.05, 3.63) is 42.0 Å². The van der Waals surface area contributed by atoms with E-state index in [-0.39, 0.29) is 30.3 Å². The summed E-state index contributed by atoms with van der Waals surface area (Å²) in [5.74, 6) is -1.16. The third kappa shape index (κ3) is 3.43. The highest BCUT2D eigenvalue weighted by molar-refractivity contribution is 5.89. The van der Waals surface area contributed by atoms with E-state index in [0.717, 1.165) is 5.39 Å². The van der Waals surface area contributed by atoms with E-state index in [1.807, 2.05) is 12.1 Å². The van der Waals surface area contributed by atoms with Gasteiger partial charge in [-0.2, -0.15) is 0 Å². The molecule has 0 saturated carbocycles. The van der Waals surface area contributed by atoms with Crippen LogP contribution < -0.4 is 5.73 Å². The first-order valence-electron chi connectivity index (χ1n) is 6.33. The van der Waals surface area contributed by atoms with Crippen LogP contribution in [0.4, 0.5) is 4.39 Å². The number of fused-ring (bicyclic) bond motifs is 1. The van der Waals surface area contributed by atoms with E-state index in [2.05, 4.69) is 4.74 Å². The second-order valence-corrected chi connectivity index (χ2v) is 4.40. The molecule has 6 heteroatoms. The molecule has 0 saturated heterocycles. The molecule has 0 fully saturated rings. The Balaban J connectivity index is 0.00000220. The Morgan fingerprint density at radius 2 is 2.00 bits per heavy atom. The van der Waals surface area contributed by atoms with Gasteiger partial charge in [-0.05, 0) is 23.8 Å². The number of phenols is 1. The van der Waals surface area contributed by atoms with Crippen LogP contribution in [0, 0.1) is 0 Å². The van der Waals surface area contributed by atoms with Crippen molar-refractivity contribution in [3.8, 4) is 5.75 Å². The molecule has 0 amide bonds. The Hall–Kier alpha value is -1.85. The number of esters is 1. The summed E-state index contributed by atoms with van der Waals surface area (Å²) in [6.07, 6.45) is -2.02. The minimum Gasteiger partial charge on any atom is -0.508 e. The van der Waals surface area contributed by atoms with Crippen LogP contribution in [0.1, 0.15) is 18.5 Å². The quantitative estimate of drug-likeness (QED) is 0.851. The van der Waals surface area contributed by atoms with Crippen molar-refractivity contribution in [2.24, 2.45) is 5.73 Å². The Morgan fingerprint density at radius 3 is 2.67 bits per heavy atom. The van der Waals surface area contributed by atoms with Crippen molar-refractivity contribution in [1.82, 2.24) is 0 Å². The van der Waals surface area contributed by atoms with E-state index in [1.54, 1.807) is 25.1 Å². The molecule has 3 N–H and O–H groups in total. The average molecular weight is 314 g/mol. The number of carbonyl (C=O) groups excluding carboxylic acids is 1. The van der Waals surface area contributed by atoms with Gasteiger partial charge in [0.25, 0.3) is 0 Å². The van der Waals surface area contributed by atoms with Gasteiger partial charge in [-0.3, -0.25) is 0 Å². The van der Waals surface area contributed by atoms with E-state index in [9.17, 15) is 14.3 Å². The van der Waals surface area contributed by atoms with Gasteiger partial charge in [-0.25, -0.2) is 9.18 Å². The number of halogens is 2. The van der Waals surface area contributed by atoms with E-state index in [1.165, 1.54) is 6.07 Å². The van der Waals surface area contributed by atoms with Gasteiger partial charge in [0.05, 0.1) is 12.6 Å². The van der Waals surface area contributed by atoms with Crippen LogP contribution in [0.2, 0.25) is 0 Å². The maximum absolute atomic E-state index is 14.1. The molecule has 2 aromatic carbocycles. The maximum atomic E-state index is 14.1. The summed E-state index contributed by atoms with van der Waals surface area (Å²) in [7, 11) is 0. The number of hydrogen-bond donors (Lipinski definition) is 2. The Labute approximate surface area is 128 Å². The number of carbonyl (C=O) groups is 1. The zero-order valence-electron chi connectivity index (χ0n) is 11.5. The van der Waals surface area contributed by atoms with Crippen molar-refractivity contribution < 1.29 is 19.0 Å². The molecule has 0 spiro atoms. The lowest BCUT2D eigenvalue weighted by atomic mass is 9.95. The van der Waals surface area contributed by atoms with E-state index in [0.29, 0.717) is 5.39 Å². The number of phenolic OH excluding ortho intramolecular Hbond substituents is 1. The molecule has 1 unspecified atom stereocenters. The van der Waals surface area contributed by atoms with Crippen molar-refractivity contribution in [2.45, 2.75) is 19.1 Å². The van der Waals surface area contributed by atoms with Crippen molar-refractivity contribution in [3.63, 3.8) is 0 Å². The van der Waals surface area contributed by atoms with E-state index in [4.69, 9.17) is 5.73 Å². The molecule has 0 aromatic heterocycles. The van der Waals surface area contributed by atoms with Crippen molar-refractivity contribution in [1.29, 1.82) is 0 Å². The zero-order chi connectivity index (χ0) is 14.7. The molecule has 0 heterocycles. The lowest BCUT2D eigenvalue weighted by molar-refractivity contribution is -0.149. The Bertz CT molecular complexity index is 635. The summed E-state index contributed by atoms with van der Waals surface area (Å²) in [6.45, 7) is 1.67. The van der Waals surface area contributed by atoms with Crippen LogP contribution in [0.5, 0.6) is 5.75 Å². The van der Waals surface area contributed by atoms with Crippen LogP contribution in [0.3, 0.4) is 0 Å². The number of rotatable bonds is 4. The number of aromatic hydroxyl groups is 1. The number of benzene rings is 2. The lowest BCUT2D eigenvalue weighted by Gasteiger charge is -2.19. The molecule has 0 radical (unpaired) electrons. The van der Waals surface area contributed by atoms with Gasteiger partial charge in [0.2, 0.25) is 6.17 Å². The SMILES string of the molecule is CCOC(=O)C(F)[C@H](N)c1c(O)ccc2ccccc12.Cl. The van der Waals surface area contributed by atoms with Gasteiger partial charge in [0, 0.05) is 5.56 Å². The summed E-state index contributed by atoms with van der Waals surface area (Å²) in [6, 6.07) is 9.00.